The molecule has 1 aromatic carbocycles. The lowest BCUT2D eigenvalue weighted by Gasteiger charge is -2.19. The Morgan fingerprint density at radius 3 is 2.66 bits per heavy atom. The first-order valence-electron chi connectivity index (χ1n) is 12.5. The van der Waals surface area contributed by atoms with E-state index in [0.717, 1.165) is 29.5 Å². The molecule has 0 aliphatic heterocycles. The number of aryl methyl sites for hydroxylation is 1. The minimum absolute atomic E-state index is 0.0617. The van der Waals surface area contributed by atoms with Gasteiger partial charge in [0.05, 0.1) is 13.2 Å². The molecule has 0 amide bonds. The van der Waals surface area contributed by atoms with E-state index in [1.54, 1.807) is 7.11 Å². The molecule has 3 aromatic rings. The number of rotatable bonds is 14. The molecule has 0 spiro atoms. The van der Waals surface area contributed by atoms with Crippen LogP contribution in [0.15, 0.2) is 23.0 Å². The van der Waals surface area contributed by atoms with Crippen LogP contribution in [0, 0.1) is 0 Å². The smallest absolute Gasteiger partial charge is 0.332 e. The van der Waals surface area contributed by atoms with Gasteiger partial charge in [-0.2, -0.15) is 9.97 Å². The third-order valence-electron chi connectivity index (χ3n) is 5.51. The van der Waals surface area contributed by atoms with Crippen LogP contribution < -0.4 is 21.5 Å². The van der Waals surface area contributed by atoms with Crippen LogP contribution in [0.4, 0.5) is 5.82 Å². The number of benzene rings is 1. The number of aromatic amines is 1. The van der Waals surface area contributed by atoms with Crippen molar-refractivity contribution in [2.45, 2.75) is 52.3 Å². The summed E-state index contributed by atoms with van der Waals surface area (Å²) in [6, 6.07) is 6.24. The fourth-order valence-electron chi connectivity index (χ4n) is 3.88. The molecule has 3 rings (SSSR count). The summed E-state index contributed by atoms with van der Waals surface area (Å²) >= 11 is 0. The number of esters is 1. The standard InChI is InChI=1S/C26H38N6O6/c1-26(2,3)38-20(33)16-36-10-6-7-17-8-9-18(19(13-17)14-28-4)15-32-23-21(29-25(32)34)22(27)30-24(31-23)37-12-11-35-5/h8-9,13,28H,6-7,10-12,14-16H2,1-5H3,(H,29,34)(H2,27,30,31). The summed E-state index contributed by atoms with van der Waals surface area (Å²) in [7, 11) is 3.44. The van der Waals surface area contributed by atoms with Crippen LogP contribution in [0.5, 0.6) is 6.01 Å². The molecule has 0 fully saturated rings. The van der Waals surface area contributed by atoms with E-state index in [0.29, 0.717) is 37.5 Å². The number of nitrogens with two attached hydrogens (primary N) is 1. The number of H-pyrrole nitrogens is 1. The third-order valence-corrected chi connectivity index (χ3v) is 5.51. The van der Waals surface area contributed by atoms with Crippen molar-refractivity contribution in [1.82, 2.24) is 24.8 Å². The van der Waals surface area contributed by atoms with Gasteiger partial charge >= 0.3 is 17.7 Å². The third kappa shape index (κ3) is 8.27. The van der Waals surface area contributed by atoms with Crippen LogP contribution >= 0.6 is 0 Å². The highest BCUT2D eigenvalue weighted by Crippen LogP contribution is 2.20. The Bertz CT molecular complexity index is 1280. The molecule has 2 aromatic heterocycles. The second-order valence-electron chi connectivity index (χ2n) is 9.82. The first kappa shape index (κ1) is 29.1. The number of imidazole rings is 1. The van der Waals surface area contributed by atoms with Gasteiger partial charge in [-0.25, -0.2) is 9.59 Å². The number of hydrogen-bond donors (Lipinski definition) is 3. The SMILES string of the molecule is CNCc1cc(CCCOCC(=O)OC(C)(C)C)ccc1Cn1c(=O)[nH]c2c(N)nc(OCCOC)nc21. The van der Waals surface area contributed by atoms with Crippen LogP contribution in [0.1, 0.15) is 43.9 Å². The highest BCUT2D eigenvalue weighted by atomic mass is 16.6. The summed E-state index contributed by atoms with van der Waals surface area (Å²) < 4.78 is 22.7. The summed E-state index contributed by atoms with van der Waals surface area (Å²) in [6.07, 6.45) is 1.54. The number of anilines is 1. The minimum atomic E-state index is -0.524. The summed E-state index contributed by atoms with van der Waals surface area (Å²) in [5, 5.41) is 3.19. The number of hydrogen-bond acceptors (Lipinski definition) is 10. The van der Waals surface area contributed by atoms with Crippen LogP contribution in [0.2, 0.25) is 0 Å². The summed E-state index contributed by atoms with van der Waals surface area (Å²) in [6.45, 7) is 7.41. The topological polar surface area (TPSA) is 156 Å². The van der Waals surface area contributed by atoms with Gasteiger partial charge in [0.1, 0.15) is 24.3 Å². The van der Waals surface area contributed by atoms with E-state index >= 15 is 0 Å². The number of aromatic nitrogens is 4. The van der Waals surface area contributed by atoms with Gasteiger partial charge in [0, 0.05) is 20.3 Å². The van der Waals surface area contributed by atoms with Crippen LogP contribution in [0.25, 0.3) is 11.2 Å². The molecular formula is C26H38N6O6. The molecule has 0 saturated carbocycles. The van der Waals surface area contributed by atoms with E-state index in [4.69, 9.17) is 24.7 Å². The molecule has 0 saturated heterocycles. The van der Waals surface area contributed by atoms with Crippen molar-refractivity contribution in [3.05, 3.63) is 45.4 Å². The molecule has 0 aliphatic carbocycles. The molecule has 2 heterocycles. The number of ether oxygens (including phenoxy) is 4. The Morgan fingerprint density at radius 1 is 1.16 bits per heavy atom. The highest BCUT2D eigenvalue weighted by molar-refractivity contribution is 5.82. The Hall–Kier alpha value is -3.48. The molecular weight excluding hydrogens is 492 g/mol. The van der Waals surface area contributed by atoms with E-state index in [2.05, 4.69) is 26.3 Å². The van der Waals surface area contributed by atoms with Crippen LogP contribution in [0.3, 0.4) is 0 Å². The lowest BCUT2D eigenvalue weighted by molar-refractivity contribution is -0.160. The molecule has 38 heavy (non-hydrogen) atoms. The number of nitrogens with zero attached hydrogens (tertiary/aromatic N) is 3. The normalized spacial score (nSPS) is 11.7. The lowest BCUT2D eigenvalue weighted by Crippen LogP contribution is -2.26. The molecule has 0 atom stereocenters. The van der Waals surface area contributed by atoms with Crippen molar-refractivity contribution < 1.29 is 23.7 Å². The fraction of sp³-hybridized carbons (Fsp3) is 0.538. The van der Waals surface area contributed by atoms with Crippen molar-refractivity contribution in [1.29, 1.82) is 0 Å². The van der Waals surface area contributed by atoms with Crippen molar-refractivity contribution in [3.8, 4) is 6.01 Å². The zero-order valence-corrected chi connectivity index (χ0v) is 22.8. The average molecular weight is 531 g/mol. The molecule has 0 radical (unpaired) electrons. The zero-order chi connectivity index (χ0) is 27.7. The zero-order valence-electron chi connectivity index (χ0n) is 22.8. The predicted molar refractivity (Wildman–Crippen MR) is 143 cm³/mol. The monoisotopic (exact) mass is 530 g/mol. The molecule has 0 aliphatic rings. The van der Waals surface area contributed by atoms with E-state index in [1.165, 1.54) is 4.57 Å². The number of nitrogens with one attached hydrogen (secondary N) is 2. The van der Waals surface area contributed by atoms with E-state index < -0.39 is 5.60 Å². The fourth-order valence-corrected chi connectivity index (χ4v) is 3.88. The summed E-state index contributed by atoms with van der Waals surface area (Å²) in [5.41, 5.74) is 9.08. The Kier molecular flexibility index (Phi) is 10.2. The maximum atomic E-state index is 12.8. The van der Waals surface area contributed by atoms with Gasteiger partial charge in [0.15, 0.2) is 11.5 Å². The van der Waals surface area contributed by atoms with Gasteiger partial charge in [-0.3, -0.25) is 4.57 Å². The van der Waals surface area contributed by atoms with E-state index in [-0.39, 0.29) is 36.7 Å². The van der Waals surface area contributed by atoms with Gasteiger partial charge < -0.3 is 35.0 Å². The number of carbonyl (C=O) groups excluding carboxylic acids is 1. The number of methoxy groups -OCH3 is 1. The molecule has 12 heteroatoms. The maximum Gasteiger partial charge on any atom is 0.332 e. The Labute approximate surface area is 221 Å². The second kappa shape index (κ2) is 13.4. The van der Waals surface area contributed by atoms with Crippen LogP contribution in [-0.2, 0) is 38.5 Å². The molecule has 12 nitrogen and oxygen atoms in total. The highest BCUT2D eigenvalue weighted by Gasteiger charge is 2.17. The van der Waals surface area contributed by atoms with Crippen molar-refractivity contribution in [2.24, 2.45) is 0 Å². The molecule has 208 valence electrons. The summed E-state index contributed by atoms with van der Waals surface area (Å²) in [5.74, 6) is -0.232. The van der Waals surface area contributed by atoms with Crippen LogP contribution in [-0.4, -0.2) is 71.7 Å². The van der Waals surface area contributed by atoms with Gasteiger partial charge in [0.25, 0.3) is 0 Å². The largest absolute Gasteiger partial charge is 0.461 e. The molecule has 0 bridgehead atoms. The van der Waals surface area contributed by atoms with Crippen molar-refractivity contribution in [2.75, 3.05) is 46.3 Å². The molecule has 4 N–H and O–H groups in total. The average Bonchev–Trinajstić information content (AvgIpc) is 3.15. The molecule has 0 unspecified atom stereocenters. The van der Waals surface area contributed by atoms with Gasteiger partial charge in [0.2, 0.25) is 0 Å². The number of carbonyl (C=O) groups is 1. The predicted octanol–water partition coefficient (Wildman–Crippen LogP) is 1.79. The number of fused-ring (bicyclic) bond motifs is 1. The maximum absolute atomic E-state index is 12.8. The number of nitrogen functional groups attached to an aromatic ring is 1. The Morgan fingerprint density at radius 2 is 1.95 bits per heavy atom. The first-order chi connectivity index (χ1) is 18.1. The lowest BCUT2D eigenvalue weighted by atomic mass is 10.0. The van der Waals surface area contributed by atoms with Gasteiger partial charge in [-0.05, 0) is 57.4 Å². The van der Waals surface area contributed by atoms with E-state index in [9.17, 15) is 9.59 Å². The second-order valence-corrected chi connectivity index (χ2v) is 9.82. The summed E-state index contributed by atoms with van der Waals surface area (Å²) in [4.78, 5) is 35.8. The Balaban J connectivity index is 1.69. The van der Waals surface area contributed by atoms with Gasteiger partial charge in [-0.1, -0.05) is 18.2 Å². The minimum Gasteiger partial charge on any atom is -0.461 e. The quantitative estimate of drug-likeness (QED) is 0.207. The van der Waals surface area contributed by atoms with Gasteiger partial charge in [-0.15, -0.1) is 0 Å². The van der Waals surface area contributed by atoms with Crippen molar-refractivity contribution in [3.63, 3.8) is 0 Å². The van der Waals surface area contributed by atoms with Crippen molar-refractivity contribution >= 4 is 23.0 Å². The van der Waals surface area contributed by atoms with E-state index in [1.807, 2.05) is 40.0 Å². The first-order valence-corrected chi connectivity index (χ1v) is 12.5.